The van der Waals surface area contributed by atoms with Gasteiger partial charge in [-0.05, 0) is 35.9 Å². The van der Waals surface area contributed by atoms with Crippen molar-refractivity contribution in [2.45, 2.75) is 4.90 Å². The smallest absolute Gasteiger partial charge is 0.261 e. The topological polar surface area (TPSA) is 63.2 Å². The summed E-state index contributed by atoms with van der Waals surface area (Å²) in [6.07, 6.45) is 0. The molecule has 0 bridgehead atoms. The lowest BCUT2D eigenvalue weighted by molar-refractivity contribution is 0.108. The van der Waals surface area contributed by atoms with Crippen molar-refractivity contribution in [3.63, 3.8) is 0 Å². The first kappa shape index (κ1) is 13.6. The van der Waals surface area contributed by atoms with Crippen LogP contribution in [0.15, 0.2) is 59.5 Å². The summed E-state index contributed by atoms with van der Waals surface area (Å²) in [6, 6.07) is 14.0. The Morgan fingerprint density at radius 1 is 0.947 bits per heavy atom. The number of halogens is 1. The van der Waals surface area contributed by atoms with Gasteiger partial charge in [0.2, 0.25) is 0 Å². The third-order valence-corrected chi connectivity index (χ3v) is 4.02. The standard InChI is InChI=1S/C13H10ClNO3S/c14-13(16)11-8-4-5-9-12(11)15-19(17,18)10-6-2-1-3-7-10/h1-9,15H. The minimum absolute atomic E-state index is 0.115. The molecule has 0 aliphatic carbocycles. The first-order valence-corrected chi connectivity index (χ1v) is 7.23. The molecule has 2 aromatic rings. The monoisotopic (exact) mass is 295 g/mol. The van der Waals surface area contributed by atoms with Gasteiger partial charge in [0.15, 0.2) is 0 Å². The van der Waals surface area contributed by atoms with E-state index in [1.807, 2.05) is 0 Å². The van der Waals surface area contributed by atoms with Gasteiger partial charge in [0.25, 0.3) is 15.3 Å². The molecule has 0 unspecified atom stereocenters. The van der Waals surface area contributed by atoms with E-state index in [-0.39, 0.29) is 16.1 Å². The molecule has 1 N–H and O–H groups in total. The highest BCUT2D eigenvalue weighted by Gasteiger charge is 2.17. The first-order chi connectivity index (χ1) is 9.00. The van der Waals surface area contributed by atoms with Gasteiger partial charge in [-0.1, -0.05) is 30.3 Å². The van der Waals surface area contributed by atoms with E-state index in [9.17, 15) is 13.2 Å². The summed E-state index contributed by atoms with van der Waals surface area (Å²) in [6.45, 7) is 0. The number of hydrogen-bond acceptors (Lipinski definition) is 3. The quantitative estimate of drug-likeness (QED) is 0.882. The highest BCUT2D eigenvalue weighted by molar-refractivity contribution is 7.92. The number of carbonyl (C=O) groups is 1. The van der Waals surface area contributed by atoms with Gasteiger partial charge in [0.05, 0.1) is 16.1 Å². The molecular formula is C13H10ClNO3S. The van der Waals surface area contributed by atoms with E-state index in [0.717, 1.165) is 0 Å². The van der Waals surface area contributed by atoms with Crippen LogP contribution in [-0.4, -0.2) is 13.7 Å². The number of nitrogens with one attached hydrogen (secondary N) is 1. The van der Waals surface area contributed by atoms with E-state index < -0.39 is 15.3 Å². The second kappa shape index (κ2) is 5.42. The van der Waals surface area contributed by atoms with Gasteiger partial charge in [0, 0.05) is 0 Å². The number of benzene rings is 2. The van der Waals surface area contributed by atoms with Gasteiger partial charge < -0.3 is 0 Å². The number of rotatable bonds is 4. The molecule has 0 saturated carbocycles. The van der Waals surface area contributed by atoms with Crippen molar-refractivity contribution in [1.82, 2.24) is 0 Å². The largest absolute Gasteiger partial charge is 0.279 e. The van der Waals surface area contributed by atoms with Crippen molar-refractivity contribution in [3.8, 4) is 0 Å². The van der Waals surface area contributed by atoms with Crippen LogP contribution in [0.4, 0.5) is 5.69 Å². The lowest BCUT2D eigenvalue weighted by Gasteiger charge is -2.10. The average Bonchev–Trinajstić information content (AvgIpc) is 2.39. The number of hydrogen-bond donors (Lipinski definition) is 1. The van der Waals surface area contributed by atoms with Crippen LogP contribution < -0.4 is 4.72 Å². The van der Waals surface area contributed by atoms with Gasteiger partial charge >= 0.3 is 0 Å². The van der Waals surface area contributed by atoms with Crippen molar-refractivity contribution in [2.24, 2.45) is 0 Å². The molecule has 0 fully saturated rings. The van der Waals surface area contributed by atoms with E-state index >= 15 is 0 Å². The van der Waals surface area contributed by atoms with Crippen LogP contribution in [-0.2, 0) is 10.0 Å². The molecule has 0 spiro atoms. The van der Waals surface area contributed by atoms with Crippen LogP contribution in [0.2, 0.25) is 0 Å². The fourth-order valence-electron chi connectivity index (χ4n) is 1.55. The predicted molar refractivity (Wildman–Crippen MR) is 73.9 cm³/mol. The molecule has 2 aromatic carbocycles. The first-order valence-electron chi connectivity index (χ1n) is 5.37. The molecule has 2 rings (SSSR count). The summed E-state index contributed by atoms with van der Waals surface area (Å²) in [4.78, 5) is 11.3. The third-order valence-electron chi connectivity index (χ3n) is 2.44. The maximum absolute atomic E-state index is 12.1. The lowest BCUT2D eigenvalue weighted by Crippen LogP contribution is -2.14. The van der Waals surface area contributed by atoms with E-state index in [1.54, 1.807) is 30.3 Å². The summed E-state index contributed by atoms with van der Waals surface area (Å²) >= 11 is 5.41. The minimum atomic E-state index is -3.73. The molecule has 0 radical (unpaired) electrons. The zero-order valence-electron chi connectivity index (χ0n) is 9.71. The molecule has 4 nitrogen and oxygen atoms in total. The molecular weight excluding hydrogens is 286 g/mol. The Labute approximate surface area is 116 Å². The van der Waals surface area contributed by atoms with Gasteiger partial charge in [-0.2, -0.15) is 0 Å². The fourth-order valence-corrected chi connectivity index (χ4v) is 2.81. The van der Waals surface area contributed by atoms with Crippen molar-refractivity contribution in [1.29, 1.82) is 0 Å². The van der Waals surface area contributed by atoms with Crippen LogP contribution in [0.3, 0.4) is 0 Å². The molecule has 0 aromatic heterocycles. The second-order valence-corrected chi connectivity index (χ2v) is 5.76. The summed E-state index contributed by atoms with van der Waals surface area (Å²) in [5.41, 5.74) is 0.273. The highest BCUT2D eigenvalue weighted by Crippen LogP contribution is 2.21. The Kier molecular flexibility index (Phi) is 3.87. The molecule has 0 saturated heterocycles. The minimum Gasteiger partial charge on any atom is -0.279 e. The van der Waals surface area contributed by atoms with Crippen LogP contribution in [0.5, 0.6) is 0 Å². The molecule has 0 aliphatic rings. The Hall–Kier alpha value is -1.85. The van der Waals surface area contributed by atoms with E-state index in [4.69, 9.17) is 11.6 Å². The maximum Gasteiger partial charge on any atom is 0.261 e. The molecule has 19 heavy (non-hydrogen) atoms. The van der Waals surface area contributed by atoms with Crippen molar-refractivity contribution < 1.29 is 13.2 Å². The summed E-state index contributed by atoms with van der Waals surface area (Å²) in [5.74, 6) is 0. The SMILES string of the molecule is O=C(Cl)c1ccccc1NS(=O)(=O)c1ccccc1. The van der Waals surface area contributed by atoms with Gasteiger partial charge in [0.1, 0.15) is 0 Å². The molecule has 98 valence electrons. The van der Waals surface area contributed by atoms with Gasteiger partial charge in [-0.3, -0.25) is 9.52 Å². The van der Waals surface area contributed by atoms with Crippen LogP contribution >= 0.6 is 11.6 Å². The van der Waals surface area contributed by atoms with E-state index in [0.29, 0.717) is 0 Å². The zero-order chi connectivity index (χ0) is 13.9. The normalized spacial score (nSPS) is 11.0. The number of para-hydroxylation sites is 1. The Morgan fingerprint density at radius 3 is 2.16 bits per heavy atom. The Bertz CT molecular complexity index is 699. The summed E-state index contributed by atoms with van der Waals surface area (Å²) in [7, 11) is -3.73. The fraction of sp³-hybridized carbons (Fsp3) is 0. The molecule has 0 aliphatic heterocycles. The Balaban J connectivity index is 2.39. The second-order valence-electron chi connectivity index (χ2n) is 3.74. The van der Waals surface area contributed by atoms with Crippen molar-refractivity contribution in [2.75, 3.05) is 4.72 Å². The number of carbonyl (C=O) groups excluding carboxylic acids is 1. The summed E-state index contributed by atoms with van der Waals surface area (Å²) < 4.78 is 26.6. The highest BCUT2D eigenvalue weighted by atomic mass is 35.5. The molecule has 0 atom stereocenters. The van der Waals surface area contributed by atoms with Gasteiger partial charge in [-0.15, -0.1) is 0 Å². The Morgan fingerprint density at radius 2 is 1.53 bits per heavy atom. The maximum atomic E-state index is 12.1. The van der Waals surface area contributed by atoms with Gasteiger partial charge in [-0.25, -0.2) is 8.42 Å². The number of anilines is 1. The predicted octanol–water partition coefficient (Wildman–Crippen LogP) is 2.87. The van der Waals surface area contributed by atoms with E-state index in [2.05, 4.69) is 4.72 Å². The zero-order valence-corrected chi connectivity index (χ0v) is 11.3. The van der Waals surface area contributed by atoms with Crippen LogP contribution in [0.25, 0.3) is 0 Å². The molecule has 0 amide bonds. The van der Waals surface area contributed by atoms with Crippen LogP contribution in [0, 0.1) is 0 Å². The molecule has 0 heterocycles. The van der Waals surface area contributed by atoms with E-state index in [1.165, 1.54) is 24.3 Å². The van der Waals surface area contributed by atoms with Crippen LogP contribution in [0.1, 0.15) is 10.4 Å². The van der Waals surface area contributed by atoms with Crippen molar-refractivity contribution >= 4 is 32.6 Å². The number of sulfonamides is 1. The van der Waals surface area contributed by atoms with Crippen molar-refractivity contribution in [3.05, 3.63) is 60.2 Å². The third kappa shape index (κ3) is 3.13. The average molecular weight is 296 g/mol. The molecule has 6 heteroatoms. The lowest BCUT2D eigenvalue weighted by atomic mass is 10.2. The summed E-state index contributed by atoms with van der Waals surface area (Å²) in [5, 5.41) is -0.716.